The molecule has 1 heterocycles. The number of nitrogens with one attached hydrogen (secondary N) is 1. The Balaban J connectivity index is 2.88. The molecule has 0 unspecified atom stereocenters. The van der Waals surface area contributed by atoms with Crippen molar-refractivity contribution < 1.29 is 19.1 Å². The monoisotopic (exact) mass is 328 g/mol. The average molecular weight is 328 g/mol. The van der Waals surface area contributed by atoms with E-state index >= 15 is 0 Å². The van der Waals surface area contributed by atoms with Gasteiger partial charge in [0.1, 0.15) is 0 Å². The normalized spacial score (nSPS) is 20.3. The van der Waals surface area contributed by atoms with Gasteiger partial charge in [-0.1, -0.05) is 0 Å². The van der Waals surface area contributed by atoms with Gasteiger partial charge in [0, 0.05) is 17.1 Å². The second-order valence-corrected chi connectivity index (χ2v) is 7.47. The topological polar surface area (TPSA) is 67.9 Å². The second kappa shape index (κ2) is 8.11. The Morgan fingerprint density at radius 1 is 0.957 bits per heavy atom. The van der Waals surface area contributed by atoms with Crippen molar-refractivity contribution in [1.29, 1.82) is 0 Å². The molecule has 0 aromatic heterocycles. The van der Waals surface area contributed by atoms with Crippen molar-refractivity contribution in [2.75, 3.05) is 26.3 Å². The van der Waals surface area contributed by atoms with Crippen LogP contribution in [0, 0.1) is 0 Å². The van der Waals surface area contributed by atoms with E-state index in [0.29, 0.717) is 13.2 Å². The number of carbonyl (C=O) groups is 2. The molecule has 0 aromatic rings. The number of rotatable bonds is 7. The number of ether oxygens (including phenoxy) is 2. The van der Waals surface area contributed by atoms with Gasteiger partial charge in [-0.25, -0.2) is 0 Å². The minimum atomic E-state index is -0.300. The highest BCUT2D eigenvalue weighted by molar-refractivity contribution is 5.75. The third kappa shape index (κ3) is 6.87. The second-order valence-electron chi connectivity index (χ2n) is 7.47. The molecule has 0 amide bonds. The third-order valence-corrected chi connectivity index (χ3v) is 3.96. The Labute approximate surface area is 139 Å². The van der Waals surface area contributed by atoms with Gasteiger partial charge in [-0.2, -0.15) is 0 Å². The zero-order chi connectivity index (χ0) is 17.7. The van der Waals surface area contributed by atoms with Crippen molar-refractivity contribution in [1.82, 2.24) is 10.2 Å². The van der Waals surface area contributed by atoms with Crippen molar-refractivity contribution in [2.24, 2.45) is 0 Å². The highest BCUT2D eigenvalue weighted by atomic mass is 16.5. The van der Waals surface area contributed by atoms with Gasteiger partial charge in [0.05, 0.1) is 26.3 Å². The van der Waals surface area contributed by atoms with E-state index < -0.39 is 0 Å². The summed E-state index contributed by atoms with van der Waals surface area (Å²) in [5, 5.41) is 3.61. The zero-order valence-corrected chi connectivity index (χ0v) is 15.4. The van der Waals surface area contributed by atoms with Crippen LogP contribution >= 0.6 is 0 Å². The maximum Gasteiger partial charge on any atom is 0.320 e. The molecule has 0 saturated carbocycles. The molecule has 1 rings (SSSR count). The molecule has 6 nitrogen and oxygen atoms in total. The van der Waals surface area contributed by atoms with Crippen LogP contribution in [-0.2, 0) is 19.1 Å². The van der Waals surface area contributed by atoms with Crippen molar-refractivity contribution in [3.63, 3.8) is 0 Å². The van der Waals surface area contributed by atoms with Crippen molar-refractivity contribution in [3.05, 3.63) is 0 Å². The van der Waals surface area contributed by atoms with Crippen LogP contribution in [0.4, 0.5) is 0 Å². The summed E-state index contributed by atoms with van der Waals surface area (Å²) in [5.74, 6) is -0.600. The fourth-order valence-corrected chi connectivity index (χ4v) is 3.59. The fourth-order valence-electron chi connectivity index (χ4n) is 3.59. The summed E-state index contributed by atoms with van der Waals surface area (Å²) < 4.78 is 10.1. The van der Waals surface area contributed by atoms with Crippen LogP contribution in [0.25, 0.3) is 0 Å². The Bertz CT molecular complexity index is 385. The van der Waals surface area contributed by atoms with Gasteiger partial charge in [0.25, 0.3) is 0 Å². The lowest BCUT2D eigenvalue weighted by molar-refractivity contribution is -0.150. The quantitative estimate of drug-likeness (QED) is 0.718. The molecule has 1 aliphatic heterocycles. The van der Waals surface area contributed by atoms with E-state index in [9.17, 15) is 9.59 Å². The summed E-state index contributed by atoms with van der Waals surface area (Å²) in [5.41, 5.74) is -0.123. The Kier molecular flexibility index (Phi) is 7.02. The Morgan fingerprint density at radius 2 is 1.35 bits per heavy atom. The standard InChI is InChI=1S/C17H32N2O4/c1-7-22-14(20)11-19(12-15(21)23-8-2)13-9-16(3,4)18-17(5,6)10-13/h13,18H,7-12H2,1-6H3. The molecular weight excluding hydrogens is 296 g/mol. The molecule has 0 radical (unpaired) electrons. The number of esters is 2. The van der Waals surface area contributed by atoms with Crippen LogP contribution in [0.5, 0.6) is 0 Å². The summed E-state index contributed by atoms with van der Waals surface area (Å²) in [6, 6.07) is 0.120. The van der Waals surface area contributed by atoms with Gasteiger partial charge >= 0.3 is 11.9 Å². The average Bonchev–Trinajstić information content (AvgIpc) is 2.34. The lowest BCUT2D eigenvalue weighted by Crippen LogP contribution is -2.63. The molecule has 0 atom stereocenters. The predicted octanol–water partition coefficient (Wildman–Crippen LogP) is 1.72. The van der Waals surface area contributed by atoms with E-state index in [2.05, 4.69) is 33.0 Å². The summed E-state index contributed by atoms with van der Waals surface area (Å²) in [6.07, 6.45) is 1.71. The van der Waals surface area contributed by atoms with Crippen LogP contribution < -0.4 is 5.32 Å². The van der Waals surface area contributed by atoms with Gasteiger partial charge in [0.2, 0.25) is 0 Å². The number of piperidine rings is 1. The number of carbonyl (C=O) groups excluding carboxylic acids is 2. The molecule has 6 heteroatoms. The SMILES string of the molecule is CCOC(=O)CN(CC(=O)OCC)C1CC(C)(C)NC(C)(C)C1. The van der Waals surface area contributed by atoms with Gasteiger partial charge in [0.15, 0.2) is 0 Å². The van der Waals surface area contributed by atoms with Gasteiger partial charge < -0.3 is 14.8 Å². The van der Waals surface area contributed by atoms with Gasteiger partial charge in [-0.05, 0) is 54.4 Å². The van der Waals surface area contributed by atoms with Crippen molar-refractivity contribution in [3.8, 4) is 0 Å². The molecule has 0 spiro atoms. The van der Waals surface area contributed by atoms with Crippen LogP contribution in [0.1, 0.15) is 54.4 Å². The molecule has 0 aliphatic carbocycles. The Hall–Kier alpha value is -1.14. The van der Waals surface area contributed by atoms with E-state index in [4.69, 9.17) is 9.47 Å². The minimum absolute atomic E-state index is 0.0615. The molecule has 23 heavy (non-hydrogen) atoms. The molecule has 0 bridgehead atoms. The summed E-state index contributed by atoms with van der Waals surface area (Å²) in [7, 11) is 0. The predicted molar refractivity (Wildman–Crippen MR) is 89.2 cm³/mol. The molecule has 0 aromatic carbocycles. The van der Waals surface area contributed by atoms with Gasteiger partial charge in [-0.3, -0.25) is 14.5 Å². The van der Waals surface area contributed by atoms with E-state index in [-0.39, 0.29) is 42.1 Å². The molecule has 1 fully saturated rings. The first-order chi connectivity index (χ1) is 10.6. The first kappa shape index (κ1) is 19.9. The summed E-state index contributed by atoms with van der Waals surface area (Å²) in [6.45, 7) is 13.1. The lowest BCUT2D eigenvalue weighted by atomic mass is 9.79. The number of hydrogen-bond acceptors (Lipinski definition) is 6. The number of nitrogens with zero attached hydrogens (tertiary/aromatic N) is 1. The van der Waals surface area contributed by atoms with Crippen LogP contribution in [0.3, 0.4) is 0 Å². The van der Waals surface area contributed by atoms with E-state index in [0.717, 1.165) is 12.8 Å². The summed E-state index contributed by atoms with van der Waals surface area (Å²) in [4.78, 5) is 25.8. The first-order valence-electron chi connectivity index (χ1n) is 8.43. The first-order valence-corrected chi connectivity index (χ1v) is 8.43. The molecule has 134 valence electrons. The van der Waals surface area contributed by atoms with E-state index in [1.807, 2.05) is 4.90 Å². The zero-order valence-electron chi connectivity index (χ0n) is 15.4. The molecular formula is C17H32N2O4. The fraction of sp³-hybridized carbons (Fsp3) is 0.882. The Morgan fingerprint density at radius 3 is 1.70 bits per heavy atom. The highest BCUT2D eigenvalue weighted by Gasteiger charge is 2.40. The third-order valence-electron chi connectivity index (χ3n) is 3.96. The van der Waals surface area contributed by atoms with E-state index in [1.165, 1.54) is 0 Å². The maximum absolute atomic E-state index is 11.9. The van der Waals surface area contributed by atoms with Crippen LogP contribution in [0.2, 0.25) is 0 Å². The number of hydrogen-bond donors (Lipinski definition) is 1. The highest BCUT2D eigenvalue weighted by Crippen LogP contribution is 2.31. The van der Waals surface area contributed by atoms with Crippen LogP contribution in [-0.4, -0.2) is 60.3 Å². The largest absolute Gasteiger partial charge is 0.465 e. The smallest absolute Gasteiger partial charge is 0.320 e. The minimum Gasteiger partial charge on any atom is -0.465 e. The van der Waals surface area contributed by atoms with Crippen LogP contribution in [0.15, 0.2) is 0 Å². The maximum atomic E-state index is 11.9. The lowest BCUT2D eigenvalue weighted by Gasteiger charge is -2.49. The molecule has 1 saturated heterocycles. The molecule has 1 N–H and O–H groups in total. The summed E-state index contributed by atoms with van der Waals surface area (Å²) >= 11 is 0. The molecule has 1 aliphatic rings. The van der Waals surface area contributed by atoms with Crippen molar-refractivity contribution in [2.45, 2.75) is 71.5 Å². The van der Waals surface area contributed by atoms with E-state index in [1.54, 1.807) is 13.8 Å². The van der Waals surface area contributed by atoms with Crippen molar-refractivity contribution >= 4 is 11.9 Å². The van der Waals surface area contributed by atoms with Gasteiger partial charge in [-0.15, -0.1) is 0 Å².